The van der Waals surface area contributed by atoms with Crippen molar-refractivity contribution in [2.75, 3.05) is 13.7 Å². The zero-order valence-electron chi connectivity index (χ0n) is 12.3. The van der Waals surface area contributed by atoms with Crippen LogP contribution in [-0.4, -0.2) is 29.9 Å². The minimum absolute atomic E-state index is 0.0244. The number of hydrogen-bond acceptors (Lipinski definition) is 3. The van der Waals surface area contributed by atoms with Crippen LogP contribution < -0.4 is 4.74 Å². The number of nitrogens with zero attached hydrogens (tertiary/aromatic N) is 1. The van der Waals surface area contributed by atoms with E-state index in [-0.39, 0.29) is 5.54 Å². The molecule has 1 aliphatic heterocycles. The molecule has 2 rings (SSSR count). The molecule has 1 saturated heterocycles. The fraction of sp³-hybridized carbons (Fsp3) is 0.562. The lowest BCUT2D eigenvalue weighted by molar-refractivity contribution is -0.117. The van der Waals surface area contributed by atoms with Gasteiger partial charge in [0.15, 0.2) is 0 Å². The molecule has 3 nitrogen and oxygen atoms in total. The minimum atomic E-state index is -0.0244. The highest BCUT2D eigenvalue weighted by molar-refractivity contribution is 5.84. The lowest BCUT2D eigenvalue weighted by Crippen LogP contribution is -2.37. The number of ketones is 1. The molecule has 0 unspecified atom stereocenters. The van der Waals surface area contributed by atoms with E-state index in [2.05, 4.69) is 37.8 Å². The summed E-state index contributed by atoms with van der Waals surface area (Å²) in [5.41, 5.74) is 2.45. The van der Waals surface area contributed by atoms with Crippen LogP contribution in [0, 0.1) is 0 Å². The fourth-order valence-corrected chi connectivity index (χ4v) is 2.77. The van der Waals surface area contributed by atoms with Gasteiger partial charge in [0, 0.05) is 18.5 Å². The molecule has 0 N–H and O–H groups in total. The Morgan fingerprint density at radius 1 is 1.37 bits per heavy atom. The first-order chi connectivity index (χ1) is 8.96. The van der Waals surface area contributed by atoms with Crippen LogP contribution in [0.4, 0.5) is 0 Å². The van der Waals surface area contributed by atoms with Gasteiger partial charge in [-0.3, -0.25) is 9.69 Å². The third kappa shape index (κ3) is 2.98. The van der Waals surface area contributed by atoms with Gasteiger partial charge in [-0.1, -0.05) is 19.1 Å². The van der Waals surface area contributed by atoms with Crippen LogP contribution in [-0.2, 0) is 17.8 Å². The number of methoxy groups -OCH3 is 1. The maximum Gasteiger partial charge on any atom is 0.148 e. The zero-order valence-corrected chi connectivity index (χ0v) is 12.3. The zero-order chi connectivity index (χ0) is 14.0. The smallest absolute Gasteiger partial charge is 0.148 e. The summed E-state index contributed by atoms with van der Waals surface area (Å²) < 4.78 is 5.35. The van der Waals surface area contributed by atoms with E-state index >= 15 is 0 Å². The molecule has 1 fully saturated rings. The Balaban J connectivity index is 2.18. The number of aryl methyl sites for hydroxylation is 1. The van der Waals surface area contributed by atoms with E-state index in [4.69, 9.17) is 4.74 Å². The number of hydrogen-bond donors (Lipinski definition) is 0. The van der Waals surface area contributed by atoms with Gasteiger partial charge in [0.2, 0.25) is 0 Å². The van der Waals surface area contributed by atoms with E-state index in [1.165, 1.54) is 11.1 Å². The lowest BCUT2D eigenvalue weighted by Gasteiger charge is -2.30. The summed E-state index contributed by atoms with van der Waals surface area (Å²) >= 11 is 0. The molecule has 19 heavy (non-hydrogen) atoms. The third-order valence-corrected chi connectivity index (χ3v) is 3.95. The molecule has 0 atom stereocenters. The van der Waals surface area contributed by atoms with E-state index in [1.807, 2.05) is 6.07 Å². The quantitative estimate of drug-likeness (QED) is 0.834. The second-order valence-electron chi connectivity index (χ2n) is 5.88. The van der Waals surface area contributed by atoms with E-state index in [9.17, 15) is 4.79 Å². The van der Waals surface area contributed by atoms with Gasteiger partial charge in [-0.25, -0.2) is 0 Å². The first-order valence-corrected chi connectivity index (χ1v) is 6.89. The third-order valence-electron chi connectivity index (χ3n) is 3.95. The molecule has 1 aromatic carbocycles. The second kappa shape index (κ2) is 5.33. The van der Waals surface area contributed by atoms with Crippen LogP contribution in [0.2, 0.25) is 0 Å². The number of likely N-dealkylation sites (tertiary alicyclic amines) is 1. The van der Waals surface area contributed by atoms with Gasteiger partial charge in [0.25, 0.3) is 0 Å². The Morgan fingerprint density at radius 2 is 2.11 bits per heavy atom. The van der Waals surface area contributed by atoms with Crippen molar-refractivity contribution in [1.82, 2.24) is 4.90 Å². The Hall–Kier alpha value is -1.35. The molecule has 0 radical (unpaired) electrons. The van der Waals surface area contributed by atoms with Crippen LogP contribution in [0.15, 0.2) is 18.2 Å². The molecular formula is C16H23NO2. The summed E-state index contributed by atoms with van der Waals surface area (Å²) in [5.74, 6) is 1.29. The van der Waals surface area contributed by atoms with Gasteiger partial charge in [-0.2, -0.15) is 0 Å². The molecule has 1 aliphatic rings. The average Bonchev–Trinajstić information content (AvgIpc) is 2.62. The molecule has 0 amide bonds. The summed E-state index contributed by atoms with van der Waals surface area (Å²) in [6.07, 6.45) is 1.61. The van der Waals surface area contributed by atoms with Gasteiger partial charge >= 0.3 is 0 Å². The van der Waals surface area contributed by atoms with E-state index < -0.39 is 0 Å². The second-order valence-corrected chi connectivity index (χ2v) is 5.88. The molecule has 3 heteroatoms. The number of carbonyl (C=O) groups excluding carboxylic acids is 1. The molecule has 104 valence electrons. The highest BCUT2D eigenvalue weighted by Gasteiger charge is 2.36. The maximum absolute atomic E-state index is 11.6. The Kier molecular flexibility index (Phi) is 3.95. The summed E-state index contributed by atoms with van der Waals surface area (Å²) in [6, 6.07) is 6.31. The number of carbonyl (C=O) groups is 1. The summed E-state index contributed by atoms with van der Waals surface area (Å²) in [5, 5.41) is 0. The van der Waals surface area contributed by atoms with Crippen molar-refractivity contribution in [3.8, 4) is 5.75 Å². The van der Waals surface area contributed by atoms with Crippen LogP contribution >= 0.6 is 0 Å². The number of benzene rings is 1. The van der Waals surface area contributed by atoms with Crippen LogP contribution in [0.3, 0.4) is 0 Å². The van der Waals surface area contributed by atoms with E-state index in [1.54, 1.807) is 7.11 Å². The molecule has 0 spiro atoms. The first-order valence-electron chi connectivity index (χ1n) is 6.89. The summed E-state index contributed by atoms with van der Waals surface area (Å²) in [6.45, 7) is 7.81. The Labute approximate surface area is 115 Å². The molecule has 1 heterocycles. The molecule has 0 bridgehead atoms. The van der Waals surface area contributed by atoms with Crippen molar-refractivity contribution in [2.45, 2.75) is 45.7 Å². The normalized spacial score (nSPS) is 18.8. The monoisotopic (exact) mass is 261 g/mol. The number of Topliss-reactive ketones (excluding diaryl/α,β-unsaturated/α-hetero) is 1. The standard InChI is InChI=1S/C16H23NO2/c1-5-13-8-12(6-7-15(13)19-4)10-17-11-14(18)9-16(17,2)3/h6-8H,5,9-11H2,1-4H3. The van der Waals surface area contributed by atoms with Crippen molar-refractivity contribution >= 4 is 5.78 Å². The Morgan fingerprint density at radius 3 is 2.63 bits per heavy atom. The molecular weight excluding hydrogens is 238 g/mol. The molecule has 0 saturated carbocycles. The molecule has 0 aliphatic carbocycles. The van der Waals surface area contributed by atoms with Crippen molar-refractivity contribution in [2.24, 2.45) is 0 Å². The topological polar surface area (TPSA) is 29.5 Å². The van der Waals surface area contributed by atoms with Crippen molar-refractivity contribution in [1.29, 1.82) is 0 Å². The predicted molar refractivity (Wildman–Crippen MR) is 76.5 cm³/mol. The first kappa shape index (κ1) is 14.1. The number of ether oxygens (including phenoxy) is 1. The SMILES string of the molecule is CCc1cc(CN2CC(=O)CC2(C)C)ccc1OC. The van der Waals surface area contributed by atoms with Gasteiger partial charge in [-0.05, 0) is 37.5 Å². The number of rotatable bonds is 4. The summed E-state index contributed by atoms with van der Waals surface area (Å²) in [4.78, 5) is 13.9. The van der Waals surface area contributed by atoms with E-state index in [0.29, 0.717) is 18.7 Å². The molecule has 0 aromatic heterocycles. The maximum atomic E-state index is 11.6. The van der Waals surface area contributed by atoms with Gasteiger partial charge < -0.3 is 4.74 Å². The van der Waals surface area contributed by atoms with Crippen molar-refractivity contribution in [3.63, 3.8) is 0 Å². The van der Waals surface area contributed by atoms with Crippen LogP contribution in [0.5, 0.6) is 5.75 Å². The predicted octanol–water partition coefficient (Wildman–Crippen LogP) is 2.81. The highest BCUT2D eigenvalue weighted by atomic mass is 16.5. The van der Waals surface area contributed by atoms with Gasteiger partial charge in [-0.15, -0.1) is 0 Å². The van der Waals surface area contributed by atoms with E-state index in [0.717, 1.165) is 18.7 Å². The molecule has 1 aromatic rings. The van der Waals surface area contributed by atoms with Crippen LogP contribution in [0.25, 0.3) is 0 Å². The minimum Gasteiger partial charge on any atom is -0.496 e. The van der Waals surface area contributed by atoms with Crippen molar-refractivity contribution in [3.05, 3.63) is 29.3 Å². The highest BCUT2D eigenvalue weighted by Crippen LogP contribution is 2.29. The fourth-order valence-electron chi connectivity index (χ4n) is 2.77. The van der Waals surface area contributed by atoms with Crippen molar-refractivity contribution < 1.29 is 9.53 Å². The van der Waals surface area contributed by atoms with Gasteiger partial charge in [0.1, 0.15) is 11.5 Å². The Bertz CT molecular complexity index is 480. The van der Waals surface area contributed by atoms with Gasteiger partial charge in [0.05, 0.1) is 13.7 Å². The largest absolute Gasteiger partial charge is 0.496 e. The van der Waals surface area contributed by atoms with Crippen LogP contribution in [0.1, 0.15) is 38.3 Å². The average molecular weight is 261 g/mol. The lowest BCUT2D eigenvalue weighted by atomic mass is 10.0. The summed E-state index contributed by atoms with van der Waals surface area (Å²) in [7, 11) is 1.70.